The summed E-state index contributed by atoms with van der Waals surface area (Å²) in [7, 11) is -4.01. The summed E-state index contributed by atoms with van der Waals surface area (Å²) in [4.78, 5) is 11.4. The fourth-order valence-electron chi connectivity index (χ4n) is 4.03. The number of fused-ring (bicyclic) bond motifs is 1. The quantitative estimate of drug-likeness (QED) is 0.439. The maximum atomic E-state index is 14.2. The molecule has 2 atom stereocenters. The molecule has 0 saturated heterocycles. The molecule has 0 bridgehead atoms. The molecule has 0 saturated carbocycles. The molecule has 3 aromatic rings. The molecule has 190 valence electrons. The largest absolute Gasteiger partial charge is 0.489 e. The molecule has 10 heteroatoms. The monoisotopic (exact) mass is 533 g/mol. The summed E-state index contributed by atoms with van der Waals surface area (Å²) < 4.78 is 54.2. The van der Waals surface area contributed by atoms with E-state index in [0.29, 0.717) is 23.4 Å². The third kappa shape index (κ3) is 5.48. The van der Waals surface area contributed by atoms with E-state index in [2.05, 4.69) is 0 Å². The molecule has 3 aromatic carbocycles. The number of aliphatic carboxylic acids is 1. The summed E-state index contributed by atoms with van der Waals surface area (Å²) in [6, 6.07) is 15.8. The summed E-state index contributed by atoms with van der Waals surface area (Å²) >= 11 is 6.09. The molecular formula is C26H25ClFNO6S. The standard InChI is InChI=1S/C26H25ClFNO6S/c1-16-5-3-6-21(11-16)36(32,33)29-14-20(35-17(2)26(30)31)12-18-9-10-19(13-25(18)29)34-15-22-23(27)7-4-8-24(22)28/h3-11,13,17,20H,12,14-15H2,1-2H3,(H,30,31)/t17?,20-/m1/s1. The van der Waals surface area contributed by atoms with Gasteiger partial charge in [-0.05, 0) is 55.3 Å². The van der Waals surface area contributed by atoms with Gasteiger partial charge in [0, 0.05) is 18.1 Å². The number of carboxylic acids is 1. The van der Waals surface area contributed by atoms with Crippen LogP contribution in [-0.4, -0.2) is 38.2 Å². The number of nitrogens with zero attached hydrogens (tertiary/aromatic N) is 1. The van der Waals surface area contributed by atoms with E-state index in [1.54, 1.807) is 49.4 Å². The molecule has 7 nitrogen and oxygen atoms in total. The van der Waals surface area contributed by atoms with Crippen LogP contribution in [0, 0.1) is 12.7 Å². The van der Waals surface area contributed by atoms with Crippen molar-refractivity contribution < 1.29 is 32.2 Å². The minimum absolute atomic E-state index is 0.0799. The average Bonchev–Trinajstić information content (AvgIpc) is 2.83. The van der Waals surface area contributed by atoms with E-state index >= 15 is 0 Å². The van der Waals surface area contributed by atoms with Gasteiger partial charge in [-0.15, -0.1) is 0 Å². The van der Waals surface area contributed by atoms with Crippen molar-refractivity contribution in [1.82, 2.24) is 0 Å². The predicted molar refractivity (Wildman–Crippen MR) is 134 cm³/mol. The lowest BCUT2D eigenvalue weighted by molar-refractivity contribution is -0.152. The van der Waals surface area contributed by atoms with Gasteiger partial charge in [0.1, 0.15) is 18.2 Å². The van der Waals surface area contributed by atoms with E-state index in [9.17, 15) is 22.7 Å². The molecule has 0 amide bonds. The van der Waals surface area contributed by atoms with Crippen LogP contribution in [0.4, 0.5) is 10.1 Å². The number of anilines is 1. The molecule has 1 aliphatic rings. The Balaban J connectivity index is 1.70. The van der Waals surface area contributed by atoms with Crippen LogP contribution in [0.25, 0.3) is 0 Å². The van der Waals surface area contributed by atoms with Crippen LogP contribution in [0.2, 0.25) is 5.02 Å². The van der Waals surface area contributed by atoms with E-state index in [0.717, 1.165) is 5.56 Å². The summed E-state index contributed by atoms with van der Waals surface area (Å²) in [5.41, 5.74) is 2.00. The van der Waals surface area contributed by atoms with Crippen LogP contribution in [0.5, 0.6) is 5.75 Å². The first-order valence-electron chi connectivity index (χ1n) is 11.2. The topological polar surface area (TPSA) is 93.1 Å². The summed E-state index contributed by atoms with van der Waals surface area (Å²) in [6.07, 6.45) is -1.47. The average molecular weight is 534 g/mol. The molecule has 1 heterocycles. The Hall–Kier alpha value is -3.14. The molecule has 36 heavy (non-hydrogen) atoms. The van der Waals surface area contributed by atoms with E-state index in [1.165, 1.54) is 29.4 Å². The number of rotatable bonds is 8. The Labute approximate surface area is 214 Å². The zero-order valence-electron chi connectivity index (χ0n) is 19.6. The minimum atomic E-state index is -4.01. The molecular weight excluding hydrogens is 509 g/mol. The first-order valence-corrected chi connectivity index (χ1v) is 13.0. The van der Waals surface area contributed by atoms with Crippen molar-refractivity contribution in [3.8, 4) is 5.75 Å². The van der Waals surface area contributed by atoms with Gasteiger partial charge in [-0.25, -0.2) is 17.6 Å². The van der Waals surface area contributed by atoms with E-state index in [1.807, 2.05) is 0 Å². The van der Waals surface area contributed by atoms with Crippen LogP contribution < -0.4 is 9.04 Å². The number of sulfonamides is 1. The number of hydrogen-bond donors (Lipinski definition) is 1. The van der Waals surface area contributed by atoms with Crippen LogP contribution in [0.1, 0.15) is 23.6 Å². The first kappa shape index (κ1) is 25.9. The second-order valence-corrected chi connectivity index (χ2v) is 10.8. The SMILES string of the molecule is Cc1cccc(S(=O)(=O)N2C[C@H](OC(C)C(=O)O)Cc3ccc(OCc4c(F)cccc4Cl)cc32)c1. The summed E-state index contributed by atoms with van der Waals surface area (Å²) in [5, 5.41) is 9.49. The second-order valence-electron chi connectivity index (χ2n) is 8.57. The Morgan fingerprint density at radius 1 is 1.19 bits per heavy atom. The zero-order valence-corrected chi connectivity index (χ0v) is 21.2. The van der Waals surface area contributed by atoms with Gasteiger partial charge < -0.3 is 14.6 Å². The highest BCUT2D eigenvalue weighted by Gasteiger charge is 2.35. The van der Waals surface area contributed by atoms with Crippen molar-refractivity contribution in [2.75, 3.05) is 10.8 Å². The van der Waals surface area contributed by atoms with E-state index in [4.69, 9.17) is 21.1 Å². The molecule has 0 spiro atoms. The van der Waals surface area contributed by atoms with Crippen LogP contribution in [-0.2, 0) is 32.6 Å². The number of hydrogen-bond acceptors (Lipinski definition) is 5. The summed E-state index contributed by atoms with van der Waals surface area (Å²) in [6.45, 7) is 2.98. The normalized spacial score (nSPS) is 16.3. The van der Waals surface area contributed by atoms with Gasteiger partial charge in [0.25, 0.3) is 10.0 Å². The van der Waals surface area contributed by atoms with Gasteiger partial charge in [-0.1, -0.05) is 35.9 Å². The van der Waals surface area contributed by atoms with Crippen molar-refractivity contribution in [3.05, 3.63) is 88.2 Å². The third-order valence-electron chi connectivity index (χ3n) is 5.91. The van der Waals surface area contributed by atoms with Gasteiger partial charge in [0.05, 0.1) is 28.3 Å². The lowest BCUT2D eigenvalue weighted by atomic mass is 10.0. The molecule has 0 radical (unpaired) electrons. The number of carboxylic acid groups (broad SMARTS) is 1. The molecule has 4 rings (SSSR count). The number of carbonyl (C=O) groups is 1. The fourth-order valence-corrected chi connectivity index (χ4v) is 5.87. The second kappa shape index (κ2) is 10.5. The van der Waals surface area contributed by atoms with Crippen molar-refractivity contribution in [3.63, 3.8) is 0 Å². The number of halogens is 2. The van der Waals surface area contributed by atoms with Crippen LogP contribution in [0.15, 0.2) is 65.6 Å². The molecule has 1 aliphatic heterocycles. The van der Waals surface area contributed by atoms with E-state index in [-0.39, 0.29) is 28.6 Å². The fraction of sp³-hybridized carbons (Fsp3) is 0.269. The molecule has 0 aliphatic carbocycles. The summed E-state index contributed by atoms with van der Waals surface area (Å²) in [5.74, 6) is -1.31. The lowest BCUT2D eigenvalue weighted by Crippen LogP contribution is -2.45. The van der Waals surface area contributed by atoms with Gasteiger partial charge in [0.15, 0.2) is 6.10 Å². The number of aryl methyl sites for hydroxylation is 1. The minimum Gasteiger partial charge on any atom is -0.489 e. The first-order chi connectivity index (χ1) is 17.1. The van der Waals surface area contributed by atoms with Crippen molar-refractivity contribution in [2.45, 2.75) is 44.0 Å². The Bertz CT molecular complexity index is 1380. The maximum absolute atomic E-state index is 14.2. The molecule has 0 aromatic heterocycles. The van der Waals surface area contributed by atoms with Crippen LogP contribution >= 0.6 is 11.6 Å². The Morgan fingerprint density at radius 2 is 1.94 bits per heavy atom. The van der Waals surface area contributed by atoms with Crippen molar-refractivity contribution in [2.24, 2.45) is 0 Å². The molecule has 1 unspecified atom stereocenters. The molecule has 1 N–H and O–H groups in total. The highest BCUT2D eigenvalue weighted by atomic mass is 35.5. The predicted octanol–water partition coefficient (Wildman–Crippen LogP) is 4.98. The number of benzene rings is 3. The van der Waals surface area contributed by atoms with Gasteiger partial charge >= 0.3 is 5.97 Å². The van der Waals surface area contributed by atoms with Gasteiger partial charge in [-0.3, -0.25) is 4.31 Å². The maximum Gasteiger partial charge on any atom is 0.332 e. The molecule has 0 fully saturated rings. The highest BCUT2D eigenvalue weighted by Crippen LogP contribution is 2.36. The lowest BCUT2D eigenvalue weighted by Gasteiger charge is -2.36. The smallest absolute Gasteiger partial charge is 0.332 e. The number of ether oxygens (including phenoxy) is 2. The third-order valence-corrected chi connectivity index (χ3v) is 8.04. The van der Waals surface area contributed by atoms with Crippen molar-refractivity contribution in [1.29, 1.82) is 0 Å². The Kier molecular flexibility index (Phi) is 7.54. The van der Waals surface area contributed by atoms with Crippen molar-refractivity contribution >= 4 is 33.3 Å². The highest BCUT2D eigenvalue weighted by molar-refractivity contribution is 7.92. The van der Waals surface area contributed by atoms with Gasteiger partial charge in [0.2, 0.25) is 0 Å². The Morgan fingerprint density at radius 3 is 2.64 bits per heavy atom. The van der Waals surface area contributed by atoms with E-state index < -0.39 is 34.0 Å². The zero-order chi connectivity index (χ0) is 26.0. The van der Waals surface area contributed by atoms with Crippen LogP contribution in [0.3, 0.4) is 0 Å². The van der Waals surface area contributed by atoms with Gasteiger partial charge in [-0.2, -0.15) is 0 Å².